The van der Waals surface area contributed by atoms with Gasteiger partial charge in [-0.2, -0.15) is 20.8 Å². The Morgan fingerprint density at radius 3 is 2.48 bits per heavy atom. The number of azo groups is 1. The van der Waals surface area contributed by atoms with Gasteiger partial charge in [0, 0.05) is 21.5 Å². The van der Waals surface area contributed by atoms with E-state index in [4.69, 9.17) is 10.5 Å². The molecule has 2 heterocycles. The van der Waals surface area contributed by atoms with Crippen LogP contribution in [0.3, 0.4) is 0 Å². The van der Waals surface area contributed by atoms with Crippen LogP contribution >= 0.6 is 22.6 Å². The molecule has 6 nitrogen and oxygen atoms in total. The van der Waals surface area contributed by atoms with E-state index in [1.165, 1.54) is 0 Å². The van der Waals surface area contributed by atoms with Crippen molar-refractivity contribution in [1.82, 2.24) is 9.38 Å². The summed E-state index contributed by atoms with van der Waals surface area (Å²) in [4.78, 5) is 4.57. The van der Waals surface area contributed by atoms with Crippen LogP contribution in [0.2, 0.25) is 0 Å². The first-order chi connectivity index (χ1) is 11.2. The third-order valence-electron chi connectivity index (χ3n) is 3.11. The Labute approximate surface area is 145 Å². The van der Waals surface area contributed by atoms with Crippen LogP contribution in [0.4, 0.5) is 5.69 Å². The SMILES string of the molecule is N#CC(C#N)N=Nc1ccc(-c2cn3cc(I)ccc3n2)cc1. The Morgan fingerprint density at radius 1 is 1.04 bits per heavy atom. The van der Waals surface area contributed by atoms with Crippen molar-refractivity contribution in [3.05, 3.63) is 52.4 Å². The number of nitrogens with zero attached hydrogens (tertiary/aromatic N) is 6. The number of fused-ring (bicyclic) bond motifs is 1. The summed E-state index contributed by atoms with van der Waals surface area (Å²) in [5.74, 6) is 0. The van der Waals surface area contributed by atoms with Gasteiger partial charge in [0.15, 0.2) is 0 Å². The molecule has 0 N–H and O–H groups in total. The van der Waals surface area contributed by atoms with E-state index in [0.29, 0.717) is 5.69 Å². The molecule has 3 aromatic rings. The van der Waals surface area contributed by atoms with Gasteiger partial charge in [0.1, 0.15) is 17.8 Å². The molecule has 0 saturated heterocycles. The summed E-state index contributed by atoms with van der Waals surface area (Å²) in [6.07, 6.45) is 3.98. The molecule has 1 aromatic carbocycles. The summed E-state index contributed by atoms with van der Waals surface area (Å²) in [6.45, 7) is 0. The van der Waals surface area contributed by atoms with Gasteiger partial charge < -0.3 is 4.40 Å². The Bertz CT molecular complexity index is 945. The van der Waals surface area contributed by atoms with Gasteiger partial charge in [-0.25, -0.2) is 4.98 Å². The lowest BCUT2D eigenvalue weighted by Crippen LogP contribution is -1.92. The highest BCUT2D eigenvalue weighted by Crippen LogP contribution is 2.23. The highest BCUT2D eigenvalue weighted by atomic mass is 127. The molecule has 0 amide bonds. The topological polar surface area (TPSA) is 89.6 Å². The van der Waals surface area contributed by atoms with Crippen LogP contribution in [-0.4, -0.2) is 15.4 Å². The molecule has 0 aliphatic carbocycles. The van der Waals surface area contributed by atoms with Crippen molar-refractivity contribution >= 4 is 33.9 Å². The zero-order chi connectivity index (χ0) is 16.2. The van der Waals surface area contributed by atoms with E-state index in [-0.39, 0.29) is 0 Å². The molecule has 0 radical (unpaired) electrons. The number of nitriles is 2. The van der Waals surface area contributed by atoms with Crippen molar-refractivity contribution < 1.29 is 0 Å². The molecule has 0 saturated carbocycles. The van der Waals surface area contributed by atoms with Crippen LogP contribution in [-0.2, 0) is 0 Å². The lowest BCUT2D eigenvalue weighted by molar-refractivity contribution is 0.949. The monoisotopic (exact) mass is 412 g/mol. The molecule has 7 heteroatoms. The van der Waals surface area contributed by atoms with Gasteiger partial charge >= 0.3 is 0 Å². The molecule has 0 unspecified atom stereocenters. The number of hydrogen-bond acceptors (Lipinski definition) is 5. The predicted molar refractivity (Wildman–Crippen MR) is 92.9 cm³/mol. The van der Waals surface area contributed by atoms with Crippen molar-refractivity contribution in [2.24, 2.45) is 10.2 Å². The highest BCUT2D eigenvalue weighted by molar-refractivity contribution is 14.1. The predicted octanol–water partition coefficient (Wildman–Crippen LogP) is 4.11. The van der Waals surface area contributed by atoms with E-state index in [0.717, 1.165) is 20.5 Å². The summed E-state index contributed by atoms with van der Waals surface area (Å²) >= 11 is 2.26. The number of halogens is 1. The van der Waals surface area contributed by atoms with E-state index in [2.05, 4.69) is 37.8 Å². The first kappa shape index (κ1) is 15.1. The maximum atomic E-state index is 8.65. The molecule has 0 aliphatic heterocycles. The first-order valence-corrected chi connectivity index (χ1v) is 7.72. The zero-order valence-corrected chi connectivity index (χ0v) is 13.9. The normalized spacial score (nSPS) is 11.0. The molecular formula is C16H9IN6. The summed E-state index contributed by atoms with van der Waals surface area (Å²) in [5, 5.41) is 24.8. The van der Waals surface area contributed by atoms with Crippen LogP contribution < -0.4 is 0 Å². The summed E-state index contributed by atoms with van der Waals surface area (Å²) in [6, 6.07) is 13.7. The van der Waals surface area contributed by atoms with Crippen LogP contribution in [0.25, 0.3) is 16.9 Å². The summed E-state index contributed by atoms with van der Waals surface area (Å²) < 4.78 is 3.12. The second-order valence-corrected chi connectivity index (χ2v) is 5.91. The average molecular weight is 412 g/mol. The molecule has 3 rings (SSSR count). The van der Waals surface area contributed by atoms with Gasteiger partial charge in [-0.3, -0.25) is 0 Å². The number of rotatable bonds is 3. The van der Waals surface area contributed by atoms with E-state index in [1.54, 1.807) is 24.3 Å². The number of pyridine rings is 1. The number of imidazole rings is 1. The Balaban J connectivity index is 1.86. The quantitative estimate of drug-likeness (QED) is 0.479. The molecule has 23 heavy (non-hydrogen) atoms. The number of hydrogen-bond donors (Lipinski definition) is 0. The van der Waals surface area contributed by atoms with Gasteiger partial charge in [-0.1, -0.05) is 12.1 Å². The van der Waals surface area contributed by atoms with Crippen LogP contribution in [0.5, 0.6) is 0 Å². The van der Waals surface area contributed by atoms with E-state index in [9.17, 15) is 0 Å². The maximum Gasteiger partial charge on any atom is 0.242 e. The molecule has 0 aliphatic rings. The van der Waals surface area contributed by atoms with Crippen molar-refractivity contribution in [1.29, 1.82) is 10.5 Å². The number of aromatic nitrogens is 2. The van der Waals surface area contributed by atoms with Crippen LogP contribution in [0, 0.1) is 26.2 Å². The smallest absolute Gasteiger partial charge is 0.242 e. The molecule has 0 spiro atoms. The summed E-state index contributed by atoms with van der Waals surface area (Å²) in [5.41, 5.74) is 3.29. The van der Waals surface area contributed by atoms with Crippen LogP contribution in [0.1, 0.15) is 0 Å². The molecule has 0 bridgehead atoms. The lowest BCUT2D eigenvalue weighted by atomic mass is 10.1. The van der Waals surface area contributed by atoms with Crippen LogP contribution in [0.15, 0.2) is 59.0 Å². The van der Waals surface area contributed by atoms with E-state index >= 15 is 0 Å². The van der Waals surface area contributed by atoms with E-state index < -0.39 is 6.04 Å². The van der Waals surface area contributed by atoms with Crippen molar-refractivity contribution in [2.75, 3.05) is 0 Å². The summed E-state index contributed by atoms with van der Waals surface area (Å²) in [7, 11) is 0. The maximum absolute atomic E-state index is 8.65. The lowest BCUT2D eigenvalue weighted by Gasteiger charge is -1.97. The minimum absolute atomic E-state index is 0.586. The highest BCUT2D eigenvalue weighted by Gasteiger charge is 2.05. The van der Waals surface area contributed by atoms with E-state index in [1.807, 2.05) is 41.1 Å². The zero-order valence-electron chi connectivity index (χ0n) is 11.8. The fourth-order valence-electron chi connectivity index (χ4n) is 2.01. The largest absolute Gasteiger partial charge is 0.305 e. The molecular weight excluding hydrogens is 403 g/mol. The van der Waals surface area contributed by atoms with Crippen molar-refractivity contribution in [3.8, 4) is 23.4 Å². The third kappa shape index (κ3) is 3.35. The molecule has 0 fully saturated rings. The molecule has 110 valence electrons. The fourth-order valence-corrected chi connectivity index (χ4v) is 2.49. The van der Waals surface area contributed by atoms with Gasteiger partial charge in [0.05, 0.1) is 11.4 Å². The number of benzene rings is 1. The van der Waals surface area contributed by atoms with Crippen molar-refractivity contribution in [3.63, 3.8) is 0 Å². The minimum Gasteiger partial charge on any atom is -0.305 e. The Kier molecular flexibility index (Phi) is 4.31. The first-order valence-electron chi connectivity index (χ1n) is 6.64. The second kappa shape index (κ2) is 6.55. The second-order valence-electron chi connectivity index (χ2n) is 4.66. The van der Waals surface area contributed by atoms with Gasteiger partial charge in [0.2, 0.25) is 6.04 Å². The van der Waals surface area contributed by atoms with Gasteiger partial charge in [-0.15, -0.1) is 0 Å². The van der Waals surface area contributed by atoms with Crippen molar-refractivity contribution in [2.45, 2.75) is 6.04 Å². The average Bonchev–Trinajstić information content (AvgIpc) is 2.99. The van der Waals surface area contributed by atoms with Gasteiger partial charge in [-0.05, 0) is 46.9 Å². The molecule has 0 atom stereocenters. The minimum atomic E-state index is -1.07. The molecule has 2 aromatic heterocycles. The van der Waals surface area contributed by atoms with Gasteiger partial charge in [0.25, 0.3) is 0 Å². The fraction of sp³-hybridized carbons (Fsp3) is 0.0625. The third-order valence-corrected chi connectivity index (χ3v) is 3.75. The Morgan fingerprint density at radius 2 is 1.78 bits per heavy atom. The standard InChI is InChI=1S/C16H9IN6/c17-12-3-6-16-20-15(10-23(16)9-12)11-1-4-13(5-2-11)21-22-14(7-18)8-19/h1-6,9-10,14H. The Hall–Kier alpha value is -2.78.